The molecule has 0 radical (unpaired) electrons. The van der Waals surface area contributed by atoms with E-state index in [1.165, 1.54) is 0 Å². The van der Waals surface area contributed by atoms with Gasteiger partial charge in [-0.25, -0.2) is 4.98 Å². The summed E-state index contributed by atoms with van der Waals surface area (Å²) in [5.74, 6) is 0. The van der Waals surface area contributed by atoms with Crippen LogP contribution in [-0.4, -0.2) is 15.0 Å². The Bertz CT molecular complexity index is 468. The molecule has 3 nitrogen and oxygen atoms in total. The molecule has 74 valence electrons. The van der Waals surface area contributed by atoms with Crippen LogP contribution in [0.25, 0.3) is 11.2 Å². The van der Waals surface area contributed by atoms with Crippen LogP contribution in [0, 0.1) is 0 Å². The molecular weight excluding hydrogens is 242 g/mol. The predicted molar refractivity (Wildman–Crippen MR) is 60.3 cm³/mol. The molecule has 2 aromatic rings. The first-order valence-corrected chi connectivity index (χ1v) is 5.28. The molecule has 0 saturated heterocycles. The van der Waals surface area contributed by atoms with Gasteiger partial charge in [0.1, 0.15) is 10.1 Å². The Hall–Kier alpha value is -0.900. The number of aromatic nitrogens is 3. The van der Waals surface area contributed by atoms with Crippen molar-refractivity contribution in [2.45, 2.75) is 26.2 Å². The van der Waals surface area contributed by atoms with Crippen LogP contribution in [0.1, 0.15) is 26.5 Å². The van der Waals surface area contributed by atoms with Crippen molar-refractivity contribution >= 4 is 27.1 Å². The van der Waals surface area contributed by atoms with Gasteiger partial charge in [-0.2, -0.15) is 0 Å². The van der Waals surface area contributed by atoms with E-state index in [4.69, 9.17) is 0 Å². The molecular formula is C10H12BrN3. The molecule has 0 aromatic carbocycles. The maximum Gasteiger partial charge on any atom is 0.157 e. The van der Waals surface area contributed by atoms with Gasteiger partial charge < -0.3 is 4.98 Å². The minimum atomic E-state index is 0.106. The first-order valence-electron chi connectivity index (χ1n) is 4.48. The Morgan fingerprint density at radius 1 is 1.36 bits per heavy atom. The molecule has 2 heterocycles. The summed E-state index contributed by atoms with van der Waals surface area (Å²) in [6, 6.07) is 2.05. The second-order valence-corrected chi connectivity index (χ2v) is 5.17. The largest absolute Gasteiger partial charge is 0.341 e. The summed E-state index contributed by atoms with van der Waals surface area (Å²) in [5.41, 5.74) is 3.02. The van der Waals surface area contributed by atoms with Crippen molar-refractivity contribution in [3.8, 4) is 0 Å². The topological polar surface area (TPSA) is 41.6 Å². The van der Waals surface area contributed by atoms with Crippen LogP contribution in [0.5, 0.6) is 0 Å². The number of nitrogens with zero attached hydrogens (tertiary/aromatic N) is 2. The van der Waals surface area contributed by atoms with Crippen LogP contribution in [-0.2, 0) is 5.41 Å². The highest BCUT2D eigenvalue weighted by molar-refractivity contribution is 9.10. The highest BCUT2D eigenvalue weighted by Gasteiger charge is 2.16. The van der Waals surface area contributed by atoms with Crippen molar-refractivity contribution in [3.05, 3.63) is 22.6 Å². The van der Waals surface area contributed by atoms with Gasteiger partial charge in [0.2, 0.25) is 0 Å². The maximum atomic E-state index is 4.31. The standard InChI is InChI=1S/C10H12BrN3/c1-10(2,3)7-4-6-9(13-7)14-8(11)5-12-6/h4-5H,1-3H3,(H,13,14). The minimum absolute atomic E-state index is 0.106. The fourth-order valence-corrected chi connectivity index (χ4v) is 1.56. The Morgan fingerprint density at radius 2 is 2.07 bits per heavy atom. The smallest absolute Gasteiger partial charge is 0.157 e. The maximum absolute atomic E-state index is 4.31. The fraction of sp³-hybridized carbons (Fsp3) is 0.400. The van der Waals surface area contributed by atoms with Gasteiger partial charge >= 0.3 is 0 Å². The van der Waals surface area contributed by atoms with E-state index in [9.17, 15) is 0 Å². The molecule has 0 saturated carbocycles. The molecule has 0 amide bonds. The molecule has 14 heavy (non-hydrogen) atoms. The molecule has 2 aromatic heterocycles. The monoisotopic (exact) mass is 253 g/mol. The van der Waals surface area contributed by atoms with Gasteiger partial charge in [-0.3, -0.25) is 4.98 Å². The van der Waals surface area contributed by atoms with Crippen molar-refractivity contribution in [2.75, 3.05) is 0 Å². The van der Waals surface area contributed by atoms with E-state index in [-0.39, 0.29) is 5.41 Å². The predicted octanol–water partition coefficient (Wildman–Crippen LogP) is 3.02. The molecule has 0 atom stereocenters. The van der Waals surface area contributed by atoms with Crippen molar-refractivity contribution in [1.82, 2.24) is 15.0 Å². The number of nitrogens with one attached hydrogen (secondary N) is 1. The van der Waals surface area contributed by atoms with Crippen LogP contribution < -0.4 is 0 Å². The molecule has 0 spiro atoms. The Balaban J connectivity index is 2.63. The number of hydrogen-bond acceptors (Lipinski definition) is 2. The molecule has 0 aliphatic rings. The number of H-pyrrole nitrogens is 1. The van der Waals surface area contributed by atoms with Crippen LogP contribution in [0.4, 0.5) is 0 Å². The van der Waals surface area contributed by atoms with Crippen LogP contribution in [0.3, 0.4) is 0 Å². The van der Waals surface area contributed by atoms with Crippen molar-refractivity contribution < 1.29 is 0 Å². The quantitative estimate of drug-likeness (QED) is 0.785. The van der Waals surface area contributed by atoms with E-state index >= 15 is 0 Å². The number of hydrogen-bond donors (Lipinski definition) is 1. The third kappa shape index (κ3) is 1.66. The van der Waals surface area contributed by atoms with Gasteiger partial charge in [0.15, 0.2) is 5.65 Å². The zero-order valence-corrected chi connectivity index (χ0v) is 10.0. The van der Waals surface area contributed by atoms with E-state index in [0.717, 1.165) is 21.5 Å². The lowest BCUT2D eigenvalue weighted by Crippen LogP contribution is -2.11. The first-order chi connectivity index (χ1) is 6.47. The number of rotatable bonds is 0. The van der Waals surface area contributed by atoms with E-state index in [0.29, 0.717) is 0 Å². The lowest BCUT2D eigenvalue weighted by atomic mass is 9.93. The molecule has 0 fully saturated rings. The van der Waals surface area contributed by atoms with Gasteiger partial charge in [-0.05, 0) is 22.0 Å². The SMILES string of the molecule is CC(C)(C)c1cc2ncc(Br)nc2[nH]1. The number of aromatic amines is 1. The first kappa shape index (κ1) is 9.65. The summed E-state index contributed by atoms with van der Waals surface area (Å²) in [6.45, 7) is 6.48. The summed E-state index contributed by atoms with van der Waals surface area (Å²) in [6.07, 6.45) is 1.71. The van der Waals surface area contributed by atoms with E-state index in [1.54, 1.807) is 6.20 Å². The molecule has 0 aliphatic carbocycles. The molecule has 0 aliphatic heterocycles. The lowest BCUT2D eigenvalue weighted by molar-refractivity contribution is 0.574. The molecule has 1 N–H and O–H groups in total. The number of halogens is 1. The Labute approximate surface area is 91.1 Å². The zero-order chi connectivity index (χ0) is 10.3. The van der Waals surface area contributed by atoms with Crippen LogP contribution in [0.15, 0.2) is 16.9 Å². The summed E-state index contributed by atoms with van der Waals surface area (Å²) < 4.78 is 0.757. The highest BCUT2D eigenvalue weighted by atomic mass is 79.9. The van der Waals surface area contributed by atoms with Gasteiger partial charge in [0, 0.05) is 11.1 Å². The second-order valence-electron chi connectivity index (χ2n) is 4.36. The normalized spacial score (nSPS) is 12.3. The van der Waals surface area contributed by atoms with Gasteiger partial charge in [-0.15, -0.1) is 0 Å². The average molecular weight is 254 g/mol. The van der Waals surface area contributed by atoms with Crippen molar-refractivity contribution in [2.24, 2.45) is 0 Å². The lowest BCUT2D eigenvalue weighted by Gasteiger charge is -2.15. The molecule has 4 heteroatoms. The summed E-state index contributed by atoms with van der Waals surface area (Å²) in [4.78, 5) is 11.9. The third-order valence-corrected chi connectivity index (χ3v) is 2.50. The van der Waals surface area contributed by atoms with E-state index in [1.807, 2.05) is 0 Å². The van der Waals surface area contributed by atoms with E-state index < -0.39 is 0 Å². The number of fused-ring (bicyclic) bond motifs is 1. The van der Waals surface area contributed by atoms with Gasteiger partial charge in [0.25, 0.3) is 0 Å². The molecule has 0 unspecified atom stereocenters. The average Bonchev–Trinajstić information content (AvgIpc) is 2.45. The summed E-state index contributed by atoms with van der Waals surface area (Å²) in [7, 11) is 0. The fourth-order valence-electron chi connectivity index (χ4n) is 1.28. The third-order valence-electron chi connectivity index (χ3n) is 2.11. The summed E-state index contributed by atoms with van der Waals surface area (Å²) >= 11 is 3.30. The highest BCUT2D eigenvalue weighted by Crippen LogP contribution is 2.24. The van der Waals surface area contributed by atoms with E-state index in [2.05, 4.69) is 57.7 Å². The zero-order valence-electron chi connectivity index (χ0n) is 8.43. The van der Waals surface area contributed by atoms with Crippen LogP contribution in [0.2, 0.25) is 0 Å². The van der Waals surface area contributed by atoms with Crippen molar-refractivity contribution in [1.29, 1.82) is 0 Å². The van der Waals surface area contributed by atoms with Crippen molar-refractivity contribution in [3.63, 3.8) is 0 Å². The van der Waals surface area contributed by atoms with Gasteiger partial charge in [-0.1, -0.05) is 20.8 Å². The minimum Gasteiger partial charge on any atom is -0.341 e. The Kier molecular flexibility index (Phi) is 2.10. The summed E-state index contributed by atoms with van der Waals surface area (Å²) in [5, 5.41) is 0. The van der Waals surface area contributed by atoms with Gasteiger partial charge in [0.05, 0.1) is 6.20 Å². The molecule has 0 bridgehead atoms. The Morgan fingerprint density at radius 3 is 2.71 bits per heavy atom. The molecule has 2 rings (SSSR count). The van der Waals surface area contributed by atoms with Crippen LogP contribution >= 0.6 is 15.9 Å². The second kappa shape index (κ2) is 3.05.